The van der Waals surface area contributed by atoms with Crippen LogP contribution < -0.4 is 0 Å². The van der Waals surface area contributed by atoms with E-state index < -0.39 is 0 Å². The van der Waals surface area contributed by atoms with Gasteiger partial charge < -0.3 is 4.57 Å². The SMILES string of the molecule is C[C@@H](Sc1nnc2n1CCCCC2)C(=O)c1ccc(Br)cc1. The van der Waals surface area contributed by atoms with Gasteiger partial charge in [0, 0.05) is 23.0 Å². The number of Topliss-reactive ketones (excluding diaryl/α,β-unsaturated/α-hetero) is 1. The molecule has 3 rings (SSSR count). The Hall–Kier alpha value is -1.14. The summed E-state index contributed by atoms with van der Waals surface area (Å²) in [6, 6.07) is 7.50. The van der Waals surface area contributed by atoms with E-state index >= 15 is 0 Å². The molecule has 4 nitrogen and oxygen atoms in total. The van der Waals surface area contributed by atoms with Crippen molar-refractivity contribution >= 4 is 33.5 Å². The topological polar surface area (TPSA) is 47.8 Å². The van der Waals surface area contributed by atoms with Gasteiger partial charge in [-0.2, -0.15) is 0 Å². The van der Waals surface area contributed by atoms with Crippen LogP contribution in [0.1, 0.15) is 42.4 Å². The van der Waals surface area contributed by atoms with Gasteiger partial charge >= 0.3 is 0 Å². The molecule has 1 aliphatic rings. The minimum absolute atomic E-state index is 0.128. The first-order chi connectivity index (χ1) is 10.6. The number of carbonyl (C=O) groups excluding carboxylic acids is 1. The molecule has 0 radical (unpaired) electrons. The lowest BCUT2D eigenvalue weighted by atomic mass is 10.1. The summed E-state index contributed by atoms with van der Waals surface area (Å²) >= 11 is 4.90. The van der Waals surface area contributed by atoms with Gasteiger partial charge in [0.25, 0.3) is 0 Å². The Morgan fingerprint density at radius 3 is 2.77 bits per heavy atom. The first-order valence-electron chi connectivity index (χ1n) is 7.53. The van der Waals surface area contributed by atoms with Crippen molar-refractivity contribution in [1.29, 1.82) is 0 Å². The van der Waals surface area contributed by atoms with Crippen molar-refractivity contribution in [3.8, 4) is 0 Å². The predicted molar refractivity (Wildman–Crippen MR) is 91.4 cm³/mol. The van der Waals surface area contributed by atoms with Crippen molar-refractivity contribution in [2.75, 3.05) is 0 Å². The van der Waals surface area contributed by atoms with Crippen LogP contribution in [-0.4, -0.2) is 25.8 Å². The van der Waals surface area contributed by atoms with E-state index in [0.29, 0.717) is 0 Å². The largest absolute Gasteiger partial charge is 0.306 e. The van der Waals surface area contributed by atoms with E-state index in [1.807, 2.05) is 31.2 Å². The molecule has 0 fully saturated rings. The summed E-state index contributed by atoms with van der Waals surface area (Å²) in [5.74, 6) is 1.19. The molecule has 0 amide bonds. The van der Waals surface area contributed by atoms with Crippen LogP contribution in [-0.2, 0) is 13.0 Å². The number of halogens is 1. The van der Waals surface area contributed by atoms with Crippen LogP contribution in [0.3, 0.4) is 0 Å². The fourth-order valence-electron chi connectivity index (χ4n) is 2.61. The number of benzene rings is 1. The standard InChI is InChI=1S/C16H18BrN3OS/c1-11(15(21)12-6-8-13(17)9-7-12)22-16-19-18-14-5-3-2-4-10-20(14)16/h6-9,11H,2-5,10H2,1H3/t11-/m1/s1. The molecule has 1 aromatic carbocycles. The van der Waals surface area contributed by atoms with Gasteiger partial charge in [-0.25, -0.2) is 0 Å². The average molecular weight is 380 g/mol. The molecule has 0 bridgehead atoms. The normalized spacial score (nSPS) is 15.9. The minimum Gasteiger partial charge on any atom is -0.306 e. The van der Waals surface area contributed by atoms with E-state index in [9.17, 15) is 4.79 Å². The first kappa shape index (κ1) is 15.7. The van der Waals surface area contributed by atoms with Crippen molar-refractivity contribution in [2.24, 2.45) is 0 Å². The van der Waals surface area contributed by atoms with Gasteiger partial charge in [0.2, 0.25) is 0 Å². The van der Waals surface area contributed by atoms with Crippen LogP contribution in [0.25, 0.3) is 0 Å². The number of hydrogen-bond donors (Lipinski definition) is 0. The van der Waals surface area contributed by atoms with Gasteiger partial charge in [0.1, 0.15) is 5.82 Å². The molecule has 1 atom stereocenters. The minimum atomic E-state index is -0.169. The number of aromatic nitrogens is 3. The molecule has 2 aromatic rings. The third-order valence-corrected chi connectivity index (χ3v) is 5.46. The van der Waals surface area contributed by atoms with Crippen molar-refractivity contribution < 1.29 is 4.79 Å². The predicted octanol–water partition coefficient (Wildman–Crippen LogP) is 4.13. The number of thioether (sulfide) groups is 1. The van der Waals surface area contributed by atoms with Crippen molar-refractivity contribution in [1.82, 2.24) is 14.8 Å². The Labute approximate surface area is 142 Å². The van der Waals surface area contributed by atoms with Gasteiger partial charge in [0.05, 0.1) is 5.25 Å². The van der Waals surface area contributed by atoms with Gasteiger partial charge in [-0.1, -0.05) is 46.2 Å². The third kappa shape index (κ3) is 3.43. The number of aryl methyl sites for hydroxylation is 1. The molecule has 0 aliphatic carbocycles. The molecule has 0 unspecified atom stereocenters. The monoisotopic (exact) mass is 379 g/mol. The lowest BCUT2D eigenvalue weighted by Crippen LogP contribution is -2.15. The van der Waals surface area contributed by atoms with Crippen molar-refractivity contribution in [3.05, 3.63) is 40.1 Å². The van der Waals surface area contributed by atoms with Crippen LogP contribution in [0.4, 0.5) is 0 Å². The first-order valence-corrected chi connectivity index (χ1v) is 9.21. The maximum Gasteiger partial charge on any atom is 0.191 e. The maximum absolute atomic E-state index is 12.5. The molecule has 0 saturated heterocycles. The van der Waals surface area contributed by atoms with E-state index in [2.05, 4.69) is 30.7 Å². The summed E-state index contributed by atoms with van der Waals surface area (Å²) in [5, 5.41) is 9.28. The molecule has 0 saturated carbocycles. The number of rotatable bonds is 4. The number of hydrogen-bond acceptors (Lipinski definition) is 4. The van der Waals surface area contributed by atoms with Crippen LogP contribution in [0.15, 0.2) is 33.9 Å². The van der Waals surface area contributed by atoms with Gasteiger partial charge in [-0.15, -0.1) is 10.2 Å². The molecular formula is C16H18BrN3OS. The average Bonchev–Trinajstić information content (AvgIpc) is 2.75. The fraction of sp³-hybridized carbons (Fsp3) is 0.438. The van der Waals surface area contributed by atoms with Crippen LogP contribution in [0.5, 0.6) is 0 Å². The summed E-state index contributed by atoms with van der Waals surface area (Å²) in [6.07, 6.45) is 4.56. The zero-order chi connectivity index (χ0) is 15.5. The highest BCUT2D eigenvalue weighted by atomic mass is 79.9. The molecule has 0 spiro atoms. The summed E-state index contributed by atoms with van der Waals surface area (Å²) in [5.41, 5.74) is 0.735. The molecule has 116 valence electrons. The lowest BCUT2D eigenvalue weighted by Gasteiger charge is -2.11. The summed E-state index contributed by atoms with van der Waals surface area (Å²) in [7, 11) is 0. The Morgan fingerprint density at radius 2 is 2.00 bits per heavy atom. The lowest BCUT2D eigenvalue weighted by molar-refractivity contribution is 0.0994. The van der Waals surface area contributed by atoms with E-state index in [1.54, 1.807) is 0 Å². The molecule has 2 heterocycles. The molecule has 1 aliphatic heterocycles. The van der Waals surface area contributed by atoms with Crippen LogP contribution >= 0.6 is 27.7 Å². The quantitative estimate of drug-likeness (QED) is 0.591. The van der Waals surface area contributed by atoms with E-state index in [1.165, 1.54) is 24.6 Å². The number of carbonyl (C=O) groups is 1. The summed E-state index contributed by atoms with van der Waals surface area (Å²) in [4.78, 5) is 12.5. The summed E-state index contributed by atoms with van der Waals surface area (Å²) in [6.45, 7) is 2.90. The third-order valence-electron chi connectivity index (χ3n) is 3.86. The second-order valence-corrected chi connectivity index (χ2v) is 7.72. The van der Waals surface area contributed by atoms with Gasteiger partial charge in [-0.3, -0.25) is 4.79 Å². The second kappa shape index (κ2) is 6.96. The Balaban J connectivity index is 1.74. The van der Waals surface area contributed by atoms with Crippen LogP contribution in [0, 0.1) is 0 Å². The number of fused-ring (bicyclic) bond motifs is 1. The van der Waals surface area contributed by atoms with Crippen LogP contribution in [0.2, 0.25) is 0 Å². The highest BCUT2D eigenvalue weighted by molar-refractivity contribution is 9.10. The van der Waals surface area contributed by atoms with Crippen molar-refractivity contribution in [2.45, 2.75) is 49.6 Å². The molecule has 0 N–H and O–H groups in total. The maximum atomic E-state index is 12.5. The zero-order valence-electron chi connectivity index (χ0n) is 12.5. The zero-order valence-corrected chi connectivity index (χ0v) is 14.9. The fourth-order valence-corrected chi connectivity index (χ4v) is 3.84. The smallest absolute Gasteiger partial charge is 0.191 e. The Bertz CT molecular complexity index is 669. The van der Waals surface area contributed by atoms with E-state index in [0.717, 1.165) is 40.4 Å². The second-order valence-electron chi connectivity index (χ2n) is 5.49. The van der Waals surface area contributed by atoms with Gasteiger partial charge in [-0.05, 0) is 31.9 Å². The molecule has 1 aromatic heterocycles. The number of ketones is 1. The molecular weight excluding hydrogens is 362 g/mol. The Morgan fingerprint density at radius 1 is 1.23 bits per heavy atom. The van der Waals surface area contributed by atoms with Crippen molar-refractivity contribution in [3.63, 3.8) is 0 Å². The van der Waals surface area contributed by atoms with E-state index in [4.69, 9.17) is 0 Å². The highest BCUT2D eigenvalue weighted by Crippen LogP contribution is 2.27. The Kier molecular flexibility index (Phi) is 4.98. The van der Waals surface area contributed by atoms with Gasteiger partial charge in [0.15, 0.2) is 10.9 Å². The number of nitrogens with zero attached hydrogens (tertiary/aromatic N) is 3. The highest BCUT2D eigenvalue weighted by Gasteiger charge is 2.21. The molecule has 22 heavy (non-hydrogen) atoms. The van der Waals surface area contributed by atoms with E-state index in [-0.39, 0.29) is 11.0 Å². The summed E-state index contributed by atoms with van der Waals surface area (Å²) < 4.78 is 3.16. The molecule has 6 heteroatoms.